The third-order valence-electron chi connectivity index (χ3n) is 22.8. The summed E-state index contributed by atoms with van der Waals surface area (Å²) in [4.78, 5) is 4.85. The van der Waals surface area contributed by atoms with E-state index in [1.54, 1.807) is 14.2 Å². The Morgan fingerprint density at radius 1 is 0.433 bits per heavy atom. The number of methoxy groups -OCH3 is 2. The fourth-order valence-electron chi connectivity index (χ4n) is 16.9. The zero-order chi connectivity index (χ0) is 69.8. The van der Waals surface area contributed by atoms with Crippen LogP contribution in [0.5, 0.6) is 11.5 Å². The van der Waals surface area contributed by atoms with Gasteiger partial charge in [0.1, 0.15) is 22.5 Å². The number of anilines is 3. The second kappa shape index (κ2) is 24.8. The largest absolute Gasteiger partial charge is 0.497 e. The van der Waals surface area contributed by atoms with Crippen LogP contribution in [0.25, 0.3) is 111 Å². The second-order valence-electron chi connectivity index (χ2n) is 28.8. The van der Waals surface area contributed by atoms with Gasteiger partial charge in [-0.2, -0.15) is 8.75 Å². The molecule has 0 N–H and O–H groups in total. The van der Waals surface area contributed by atoms with Crippen LogP contribution in [0.2, 0.25) is 0 Å². The van der Waals surface area contributed by atoms with Crippen LogP contribution in [0.15, 0.2) is 339 Å². The molecule has 0 saturated heterocycles. The molecule has 0 bridgehead atoms. The van der Waals surface area contributed by atoms with Crippen molar-refractivity contribution in [1.29, 1.82) is 0 Å². The predicted octanol–water partition coefficient (Wildman–Crippen LogP) is 23.9. The maximum atomic E-state index is 5.64. The smallest absolute Gasteiger partial charge is 0.129 e. The first-order valence-electron chi connectivity index (χ1n) is 35.9. The first-order valence-corrected chi connectivity index (χ1v) is 36.6. The molecule has 12 aromatic carbocycles. The Morgan fingerprint density at radius 2 is 0.923 bits per heavy atom. The summed E-state index contributed by atoms with van der Waals surface area (Å²) in [5.74, 6) is 1.64. The standard InChI is InChI=1S/C95H74N6O2S/c1-93(58-53-75(54-59-93)101-88-19-11-8-16-83(88)95(3)55-13-12-20-90(95)101)69-33-25-65(26-34-69)68-32-49-87-82(61-68)81-60-67(64-23-21-62(22-24-64)63-27-37-72(38-28-63)99-84-17-9-6-14-79(84)80-15-7-10-18-85(80)99)31-48-86(81)100(87)73-39-29-66(30-40-73)78-47-50-89(92-91(78)96-104-97-92)98(71-41-45-77(103-5)46-42-71)74-51-56-94(2,57-52-74)70-35-43-76(102-4)44-36-70/h6-56,58,60-61,90H,57,59H2,1-5H3. The van der Waals surface area contributed by atoms with Crippen molar-refractivity contribution < 1.29 is 9.47 Å². The summed E-state index contributed by atoms with van der Waals surface area (Å²) < 4.78 is 26.0. The van der Waals surface area contributed by atoms with Gasteiger partial charge in [-0.15, -0.1) is 0 Å². The molecule has 1 aliphatic heterocycles. The Morgan fingerprint density at radius 3 is 1.50 bits per heavy atom. The first kappa shape index (κ1) is 62.7. The third kappa shape index (κ3) is 10.3. The normalized spacial score (nSPS) is 18.9. The number of benzene rings is 12. The molecule has 0 fully saturated rings. The lowest BCUT2D eigenvalue weighted by molar-refractivity contribution is 0.414. The molecule has 0 radical (unpaired) electrons. The predicted molar refractivity (Wildman–Crippen MR) is 433 cm³/mol. The summed E-state index contributed by atoms with van der Waals surface area (Å²) in [6.45, 7) is 7.04. The van der Waals surface area contributed by atoms with Crippen LogP contribution in [0.1, 0.15) is 50.3 Å². The molecular weight excluding hydrogens is 1290 g/mol. The lowest BCUT2D eigenvalue weighted by Crippen LogP contribution is -2.41. The highest BCUT2D eigenvalue weighted by Gasteiger charge is 2.47. The fourth-order valence-corrected chi connectivity index (χ4v) is 17.5. The molecule has 8 nitrogen and oxygen atoms in total. The highest BCUT2D eigenvalue weighted by molar-refractivity contribution is 7.00. The molecule has 4 unspecified atom stereocenters. The molecule has 4 heterocycles. The Labute approximate surface area is 610 Å². The first-order chi connectivity index (χ1) is 51.0. The highest BCUT2D eigenvalue weighted by atomic mass is 32.1. The van der Waals surface area contributed by atoms with Gasteiger partial charge in [-0.1, -0.05) is 214 Å². The van der Waals surface area contributed by atoms with Gasteiger partial charge in [0.15, 0.2) is 0 Å². The molecule has 0 spiro atoms. The van der Waals surface area contributed by atoms with Crippen LogP contribution >= 0.6 is 11.7 Å². The van der Waals surface area contributed by atoms with E-state index in [9.17, 15) is 0 Å². The molecule has 4 atom stereocenters. The molecule has 3 aromatic heterocycles. The van der Waals surface area contributed by atoms with Gasteiger partial charge in [0.2, 0.25) is 0 Å². The minimum Gasteiger partial charge on any atom is -0.497 e. The van der Waals surface area contributed by atoms with Crippen molar-refractivity contribution >= 4 is 83.4 Å². The number of fused-ring (bicyclic) bond motifs is 10. The topological polar surface area (TPSA) is 60.6 Å². The van der Waals surface area contributed by atoms with Crippen molar-refractivity contribution in [2.24, 2.45) is 0 Å². The molecule has 0 amide bonds. The van der Waals surface area contributed by atoms with Gasteiger partial charge >= 0.3 is 0 Å². The van der Waals surface area contributed by atoms with Crippen LogP contribution in [0, 0.1) is 0 Å². The monoisotopic (exact) mass is 1360 g/mol. The number of hydrogen-bond acceptors (Lipinski definition) is 7. The number of para-hydroxylation sites is 3. The molecular formula is C95H74N6O2S. The van der Waals surface area contributed by atoms with Gasteiger partial charge in [-0.25, -0.2) is 0 Å². The zero-order valence-electron chi connectivity index (χ0n) is 58.6. The van der Waals surface area contributed by atoms with Gasteiger partial charge in [-0.05, 0) is 203 Å². The molecule has 15 aromatic rings. The maximum Gasteiger partial charge on any atom is 0.129 e. The Balaban J connectivity index is 0.653. The summed E-state index contributed by atoms with van der Waals surface area (Å²) >= 11 is 1.25. The average molecular weight is 1360 g/mol. The Bertz CT molecular complexity index is 6060. The number of allylic oxidation sites excluding steroid dienone is 8. The lowest BCUT2D eigenvalue weighted by Gasteiger charge is -2.37. The van der Waals surface area contributed by atoms with E-state index in [0.29, 0.717) is 0 Å². The molecule has 9 heteroatoms. The van der Waals surface area contributed by atoms with Gasteiger partial charge in [0.25, 0.3) is 0 Å². The summed E-state index contributed by atoms with van der Waals surface area (Å²) in [6.07, 6.45) is 25.0. The molecule has 3 aliphatic carbocycles. The molecule has 0 saturated carbocycles. The number of hydrogen-bond donors (Lipinski definition) is 0. The van der Waals surface area contributed by atoms with E-state index in [1.165, 1.54) is 94.6 Å². The van der Waals surface area contributed by atoms with Crippen molar-refractivity contribution in [3.63, 3.8) is 0 Å². The average Bonchev–Trinajstić information content (AvgIpc) is 1.55. The second-order valence-corrected chi connectivity index (χ2v) is 29.3. The van der Waals surface area contributed by atoms with Gasteiger partial charge in [-0.3, -0.25) is 0 Å². The number of aromatic nitrogens is 4. The summed E-state index contributed by atoms with van der Waals surface area (Å²) in [5, 5.41) is 4.90. The summed E-state index contributed by atoms with van der Waals surface area (Å²) in [5.41, 5.74) is 26.8. The minimum atomic E-state index is -0.193. The van der Waals surface area contributed by atoms with Gasteiger partial charge in [0, 0.05) is 77.5 Å². The molecule has 19 rings (SSSR count). The third-order valence-corrected chi connectivity index (χ3v) is 23.3. The summed E-state index contributed by atoms with van der Waals surface area (Å²) in [7, 11) is 3.41. The van der Waals surface area contributed by atoms with Crippen LogP contribution in [0.3, 0.4) is 0 Å². The van der Waals surface area contributed by atoms with E-state index in [0.717, 1.165) is 97.1 Å². The minimum absolute atomic E-state index is 0.0778. The zero-order valence-corrected chi connectivity index (χ0v) is 59.4. The van der Waals surface area contributed by atoms with Gasteiger partial charge in [0.05, 0.1) is 59.7 Å². The number of nitrogens with zero attached hydrogens (tertiary/aromatic N) is 6. The van der Waals surface area contributed by atoms with Crippen molar-refractivity contribution in [3.8, 4) is 67.4 Å². The van der Waals surface area contributed by atoms with Crippen molar-refractivity contribution in [2.45, 2.75) is 55.9 Å². The Hall–Kier alpha value is -12.3. The van der Waals surface area contributed by atoms with Crippen molar-refractivity contribution in [2.75, 3.05) is 24.0 Å². The Kier molecular flexibility index (Phi) is 14.9. The van der Waals surface area contributed by atoms with Crippen LogP contribution in [-0.4, -0.2) is 38.1 Å². The van der Waals surface area contributed by atoms with E-state index >= 15 is 0 Å². The van der Waals surface area contributed by atoms with E-state index in [1.807, 2.05) is 24.3 Å². The van der Waals surface area contributed by atoms with Crippen LogP contribution < -0.4 is 19.3 Å². The van der Waals surface area contributed by atoms with E-state index in [4.69, 9.17) is 18.2 Å². The van der Waals surface area contributed by atoms with E-state index in [-0.39, 0.29) is 22.3 Å². The lowest BCUT2D eigenvalue weighted by atomic mass is 9.75. The summed E-state index contributed by atoms with van der Waals surface area (Å²) in [6, 6.07) is 98.0. The molecule has 502 valence electrons. The quantitative estimate of drug-likeness (QED) is 0.108. The van der Waals surface area contributed by atoms with E-state index < -0.39 is 0 Å². The number of rotatable bonds is 14. The van der Waals surface area contributed by atoms with Crippen molar-refractivity contribution in [3.05, 3.63) is 356 Å². The van der Waals surface area contributed by atoms with Crippen LogP contribution in [-0.2, 0) is 16.2 Å². The SMILES string of the molecule is COc1ccc(N(C2=CCC(C)(c3ccc(OC)cc3)C=C2)c2ccc(-c3ccc(-n4c5ccc(-c6ccc(-c7ccc(-n8c9ccccc9c9ccccc98)cc7)cc6)cc5c5cc(-c6ccc(C7(C)C=CC(N8c9ccccc9C9(C)C=CC=CC89)=CC7)cc6)ccc54)cc3)c3nsnc23)cc1. The maximum absolute atomic E-state index is 5.64. The van der Waals surface area contributed by atoms with E-state index in [2.05, 4.69) is 343 Å². The number of ether oxygens (including phenoxy) is 2. The highest BCUT2D eigenvalue weighted by Crippen LogP contribution is 2.52. The van der Waals surface area contributed by atoms with Crippen LogP contribution in [0.4, 0.5) is 17.1 Å². The van der Waals surface area contributed by atoms with Gasteiger partial charge < -0.3 is 28.4 Å². The fraction of sp³-hybridized carbons (Fsp3) is 0.116. The van der Waals surface area contributed by atoms with Crippen molar-refractivity contribution in [1.82, 2.24) is 17.9 Å². The molecule has 104 heavy (non-hydrogen) atoms. The molecule has 4 aliphatic rings.